The van der Waals surface area contributed by atoms with E-state index in [0.717, 1.165) is 10.2 Å². The van der Waals surface area contributed by atoms with Crippen molar-refractivity contribution >= 4 is 33.7 Å². The highest BCUT2D eigenvalue weighted by Gasteiger charge is 2.36. The molecule has 8 nitrogen and oxygen atoms in total. The molecule has 24 heavy (non-hydrogen) atoms. The van der Waals surface area contributed by atoms with E-state index in [9.17, 15) is 4.79 Å². The van der Waals surface area contributed by atoms with Crippen molar-refractivity contribution in [3.63, 3.8) is 0 Å². The second-order valence-corrected chi connectivity index (χ2v) is 7.74. The Kier molecular flexibility index (Phi) is 4.62. The number of likely N-dealkylation sites (tertiary alicyclic amines) is 1. The molecule has 2 saturated heterocycles. The summed E-state index contributed by atoms with van der Waals surface area (Å²) < 4.78 is 6.14. The first-order valence-corrected chi connectivity index (χ1v) is 8.51. The van der Waals surface area contributed by atoms with E-state index in [4.69, 9.17) is 9.57 Å². The van der Waals surface area contributed by atoms with Crippen LogP contribution in [0.3, 0.4) is 0 Å². The van der Waals surface area contributed by atoms with Gasteiger partial charge in [-0.25, -0.2) is 14.8 Å². The predicted molar refractivity (Wildman–Crippen MR) is 92.1 cm³/mol. The van der Waals surface area contributed by atoms with Crippen LogP contribution in [0.25, 0.3) is 0 Å². The van der Waals surface area contributed by atoms with Gasteiger partial charge < -0.3 is 19.4 Å². The van der Waals surface area contributed by atoms with E-state index in [1.54, 1.807) is 17.3 Å². The third-order valence-electron chi connectivity index (χ3n) is 3.47. The van der Waals surface area contributed by atoms with E-state index in [0.29, 0.717) is 32.1 Å². The number of halogens is 1. The largest absolute Gasteiger partial charge is 0.444 e. The average molecular weight is 398 g/mol. The Morgan fingerprint density at radius 3 is 2.50 bits per heavy atom. The van der Waals surface area contributed by atoms with Crippen LogP contribution in [0.4, 0.5) is 10.7 Å². The first-order valence-electron chi connectivity index (χ1n) is 7.72. The summed E-state index contributed by atoms with van der Waals surface area (Å²) in [5, 5.41) is 4.14. The van der Waals surface area contributed by atoms with Crippen molar-refractivity contribution in [3.8, 4) is 0 Å². The van der Waals surface area contributed by atoms with Crippen LogP contribution >= 0.6 is 15.9 Å². The van der Waals surface area contributed by atoms with Gasteiger partial charge in [0.2, 0.25) is 5.95 Å². The molecule has 2 aliphatic rings. The van der Waals surface area contributed by atoms with E-state index in [-0.39, 0.29) is 12.2 Å². The van der Waals surface area contributed by atoms with E-state index in [1.165, 1.54) is 0 Å². The van der Waals surface area contributed by atoms with Crippen molar-refractivity contribution < 1.29 is 14.4 Å². The highest BCUT2D eigenvalue weighted by atomic mass is 79.9. The van der Waals surface area contributed by atoms with Crippen LogP contribution in [0.2, 0.25) is 0 Å². The van der Waals surface area contributed by atoms with Crippen LogP contribution in [0.5, 0.6) is 0 Å². The minimum Gasteiger partial charge on any atom is -0.444 e. The maximum atomic E-state index is 11.8. The SMILES string of the molecule is CC(C)(C)OC(=O)N1CC(ON=C2CN(c3ncc(Br)cn3)C2)C1. The van der Waals surface area contributed by atoms with Crippen LogP contribution < -0.4 is 4.90 Å². The number of rotatable bonds is 3. The van der Waals surface area contributed by atoms with Crippen molar-refractivity contribution in [1.29, 1.82) is 0 Å². The fraction of sp³-hybridized carbons (Fsp3) is 0.600. The monoisotopic (exact) mass is 397 g/mol. The predicted octanol–water partition coefficient (Wildman–Crippen LogP) is 2.05. The average Bonchev–Trinajstić information content (AvgIpc) is 2.38. The lowest BCUT2D eigenvalue weighted by Crippen LogP contribution is -2.56. The lowest BCUT2D eigenvalue weighted by Gasteiger charge is -2.38. The first-order chi connectivity index (χ1) is 11.3. The topological polar surface area (TPSA) is 80.1 Å². The zero-order chi connectivity index (χ0) is 17.3. The number of anilines is 1. The molecule has 3 heterocycles. The molecule has 1 amide bonds. The van der Waals surface area contributed by atoms with Crippen molar-refractivity contribution in [3.05, 3.63) is 16.9 Å². The number of aromatic nitrogens is 2. The molecule has 0 aromatic carbocycles. The van der Waals surface area contributed by atoms with E-state index in [2.05, 4.69) is 31.1 Å². The van der Waals surface area contributed by atoms with Crippen LogP contribution in [-0.4, -0.2) is 64.6 Å². The van der Waals surface area contributed by atoms with Gasteiger partial charge in [-0.3, -0.25) is 0 Å². The molecule has 2 aliphatic heterocycles. The molecule has 1 aromatic rings. The maximum absolute atomic E-state index is 11.8. The van der Waals surface area contributed by atoms with Gasteiger partial charge in [0.1, 0.15) is 5.60 Å². The Hall–Kier alpha value is -1.90. The summed E-state index contributed by atoms with van der Waals surface area (Å²) in [5.41, 5.74) is 0.463. The molecular formula is C15H20BrN5O3. The lowest BCUT2D eigenvalue weighted by atomic mass is 10.2. The number of nitrogens with zero attached hydrogens (tertiary/aromatic N) is 5. The molecule has 0 aliphatic carbocycles. The van der Waals surface area contributed by atoms with Crippen LogP contribution in [0, 0.1) is 0 Å². The van der Waals surface area contributed by atoms with Crippen molar-refractivity contribution in [2.75, 3.05) is 31.1 Å². The molecule has 130 valence electrons. The quantitative estimate of drug-likeness (QED) is 0.726. The molecule has 0 N–H and O–H groups in total. The molecule has 0 unspecified atom stereocenters. The van der Waals surface area contributed by atoms with Gasteiger partial charge in [-0.1, -0.05) is 5.16 Å². The number of ether oxygens (including phenoxy) is 1. The molecule has 0 saturated carbocycles. The smallest absolute Gasteiger partial charge is 0.410 e. The van der Waals surface area contributed by atoms with Gasteiger partial charge in [0, 0.05) is 12.4 Å². The third kappa shape index (κ3) is 4.14. The minimum atomic E-state index is -0.478. The van der Waals surface area contributed by atoms with E-state index < -0.39 is 5.60 Å². The Morgan fingerprint density at radius 1 is 1.29 bits per heavy atom. The minimum absolute atomic E-state index is 0.0667. The summed E-state index contributed by atoms with van der Waals surface area (Å²) in [5.74, 6) is 0.678. The van der Waals surface area contributed by atoms with Gasteiger partial charge in [-0.15, -0.1) is 0 Å². The molecule has 0 bridgehead atoms. The number of oxime groups is 1. The number of amides is 1. The normalized spacial score (nSPS) is 17.9. The summed E-state index contributed by atoms with van der Waals surface area (Å²) in [6.07, 6.45) is 3.06. The van der Waals surface area contributed by atoms with Gasteiger partial charge >= 0.3 is 6.09 Å². The first kappa shape index (κ1) is 16.9. The van der Waals surface area contributed by atoms with Crippen molar-refractivity contribution in [2.45, 2.75) is 32.5 Å². The molecule has 2 fully saturated rings. The third-order valence-corrected chi connectivity index (χ3v) is 3.88. The Morgan fingerprint density at radius 2 is 1.92 bits per heavy atom. The van der Waals surface area contributed by atoms with Crippen LogP contribution in [0.15, 0.2) is 22.0 Å². The fourth-order valence-electron chi connectivity index (χ4n) is 2.19. The van der Waals surface area contributed by atoms with Gasteiger partial charge in [0.25, 0.3) is 0 Å². The highest BCUT2D eigenvalue weighted by molar-refractivity contribution is 9.10. The summed E-state index contributed by atoms with van der Waals surface area (Å²) >= 11 is 3.31. The van der Waals surface area contributed by atoms with Gasteiger partial charge in [-0.05, 0) is 36.7 Å². The Labute approximate surface area is 148 Å². The number of carbonyl (C=O) groups excluding carboxylic acids is 1. The number of carbonyl (C=O) groups is 1. The summed E-state index contributed by atoms with van der Waals surface area (Å²) in [4.78, 5) is 29.3. The zero-order valence-electron chi connectivity index (χ0n) is 13.9. The van der Waals surface area contributed by atoms with Gasteiger partial charge in [-0.2, -0.15) is 0 Å². The van der Waals surface area contributed by atoms with Crippen LogP contribution in [0.1, 0.15) is 20.8 Å². The fourth-order valence-corrected chi connectivity index (χ4v) is 2.40. The number of hydrogen-bond acceptors (Lipinski definition) is 7. The molecule has 0 spiro atoms. The second-order valence-electron chi connectivity index (χ2n) is 6.83. The summed E-state index contributed by atoms with van der Waals surface area (Å²) in [6.45, 7) is 7.87. The summed E-state index contributed by atoms with van der Waals surface area (Å²) in [7, 11) is 0. The standard InChI is InChI=1S/C15H20BrN5O3/c1-15(2,3)23-14(22)21-8-12(9-21)24-19-11-6-20(7-11)13-17-4-10(16)5-18-13/h4-5,12H,6-9H2,1-3H3. The lowest BCUT2D eigenvalue weighted by molar-refractivity contribution is -0.0622. The van der Waals surface area contributed by atoms with E-state index in [1.807, 2.05) is 25.7 Å². The molecular weight excluding hydrogens is 378 g/mol. The molecule has 0 radical (unpaired) electrons. The Balaban J connectivity index is 1.37. The second kappa shape index (κ2) is 6.54. The van der Waals surface area contributed by atoms with Gasteiger partial charge in [0.15, 0.2) is 6.10 Å². The van der Waals surface area contributed by atoms with Crippen molar-refractivity contribution in [2.24, 2.45) is 5.16 Å². The number of hydrogen-bond donors (Lipinski definition) is 0. The summed E-state index contributed by atoms with van der Waals surface area (Å²) in [6, 6.07) is 0. The molecule has 9 heteroatoms. The molecule has 1 aromatic heterocycles. The molecule has 3 rings (SSSR count). The maximum Gasteiger partial charge on any atom is 0.410 e. The van der Waals surface area contributed by atoms with Crippen molar-refractivity contribution in [1.82, 2.24) is 14.9 Å². The van der Waals surface area contributed by atoms with Gasteiger partial charge in [0.05, 0.1) is 36.4 Å². The van der Waals surface area contributed by atoms with Crippen LogP contribution in [-0.2, 0) is 9.57 Å². The zero-order valence-corrected chi connectivity index (χ0v) is 15.5. The molecule has 0 atom stereocenters. The Bertz CT molecular complexity index is 630. The highest BCUT2D eigenvalue weighted by Crippen LogP contribution is 2.19. The van der Waals surface area contributed by atoms with E-state index >= 15 is 0 Å².